The van der Waals surface area contributed by atoms with Gasteiger partial charge in [0.1, 0.15) is 6.10 Å². The van der Waals surface area contributed by atoms with Gasteiger partial charge in [0.05, 0.1) is 26.4 Å². The number of methoxy groups -OCH3 is 1. The predicted molar refractivity (Wildman–Crippen MR) is 99.6 cm³/mol. The number of carbonyl (C=O) groups excluding carboxylic acids is 2. The Morgan fingerprint density at radius 3 is 2.87 bits per heavy atom. The molecule has 172 valence electrons. The Hall–Kier alpha value is -2.86. The van der Waals surface area contributed by atoms with Crippen molar-refractivity contribution >= 4 is 11.9 Å². The van der Waals surface area contributed by atoms with Gasteiger partial charge in [0.25, 0.3) is 5.91 Å². The summed E-state index contributed by atoms with van der Waals surface area (Å²) in [6.07, 6.45) is -3.57. The third kappa shape index (κ3) is 7.40. The van der Waals surface area contributed by atoms with Crippen molar-refractivity contribution in [2.45, 2.75) is 37.8 Å². The molecule has 1 fully saturated rings. The van der Waals surface area contributed by atoms with Crippen LogP contribution in [0, 0.1) is 0 Å². The first-order valence-corrected chi connectivity index (χ1v) is 9.29. The van der Waals surface area contributed by atoms with Gasteiger partial charge < -0.3 is 29.4 Å². The highest BCUT2D eigenvalue weighted by atomic mass is 19.4. The summed E-state index contributed by atoms with van der Waals surface area (Å²) in [7, 11) is 1.30. The Bertz CT molecular complexity index is 801. The summed E-state index contributed by atoms with van der Waals surface area (Å²) in [4.78, 5) is 28.7. The van der Waals surface area contributed by atoms with Crippen molar-refractivity contribution < 1.29 is 46.8 Å². The second-order valence-electron chi connectivity index (χ2n) is 6.56. The van der Waals surface area contributed by atoms with Gasteiger partial charge in [-0.1, -0.05) is 6.08 Å². The fourth-order valence-corrected chi connectivity index (χ4v) is 2.72. The first-order chi connectivity index (χ1) is 14.6. The molecule has 0 aromatic carbocycles. The van der Waals surface area contributed by atoms with Crippen LogP contribution >= 0.6 is 0 Å². The molecule has 2 heterocycles. The number of hydrogen-bond acceptors (Lipinski definition) is 8. The van der Waals surface area contributed by atoms with Gasteiger partial charge in [-0.3, -0.25) is 4.79 Å². The Morgan fingerprint density at radius 1 is 1.45 bits per heavy atom. The smallest absolute Gasteiger partial charge is 0.409 e. The van der Waals surface area contributed by atoms with E-state index in [2.05, 4.69) is 10.3 Å². The fourth-order valence-electron chi connectivity index (χ4n) is 2.72. The lowest BCUT2D eigenvalue weighted by atomic mass is 10.1. The molecule has 1 aliphatic heterocycles. The topological polar surface area (TPSA) is 116 Å². The lowest BCUT2D eigenvalue weighted by Gasteiger charge is -2.24. The van der Waals surface area contributed by atoms with E-state index in [9.17, 15) is 27.9 Å². The first kappa shape index (κ1) is 24.4. The van der Waals surface area contributed by atoms with Gasteiger partial charge in [0.2, 0.25) is 0 Å². The van der Waals surface area contributed by atoms with Crippen LogP contribution < -0.4 is 10.1 Å². The molecule has 1 saturated heterocycles. The van der Waals surface area contributed by atoms with Crippen molar-refractivity contribution in [3.8, 4) is 11.5 Å². The molecule has 2 rings (SSSR count). The number of aromatic nitrogens is 1. The van der Waals surface area contributed by atoms with E-state index in [0.717, 1.165) is 6.08 Å². The number of carbonyl (C=O) groups is 2. The molecule has 1 aromatic rings. The summed E-state index contributed by atoms with van der Waals surface area (Å²) < 4.78 is 57.5. The Balaban J connectivity index is 2.00. The molecule has 0 spiro atoms. The summed E-state index contributed by atoms with van der Waals surface area (Å²) in [6.45, 7) is 1.09. The minimum absolute atomic E-state index is 0.0293. The number of halogens is 3. The van der Waals surface area contributed by atoms with E-state index in [1.807, 2.05) is 0 Å². The van der Waals surface area contributed by atoms with Gasteiger partial charge in [-0.05, 0) is 6.92 Å². The zero-order chi connectivity index (χ0) is 23.0. The molecule has 12 heteroatoms. The van der Waals surface area contributed by atoms with E-state index in [0.29, 0.717) is 0 Å². The Labute approximate surface area is 176 Å². The van der Waals surface area contributed by atoms with Crippen LogP contribution in [0.1, 0.15) is 23.8 Å². The van der Waals surface area contributed by atoms with Crippen molar-refractivity contribution in [1.82, 2.24) is 10.3 Å². The third-order valence-electron chi connectivity index (χ3n) is 4.28. The van der Waals surface area contributed by atoms with E-state index in [-0.39, 0.29) is 43.8 Å². The monoisotopic (exact) mass is 448 g/mol. The molecule has 3 atom stereocenters. The number of nitrogens with zero attached hydrogens (tertiary/aromatic N) is 1. The molecule has 31 heavy (non-hydrogen) atoms. The van der Waals surface area contributed by atoms with Crippen LogP contribution in [0.3, 0.4) is 0 Å². The third-order valence-corrected chi connectivity index (χ3v) is 4.28. The molecule has 0 aliphatic carbocycles. The van der Waals surface area contributed by atoms with E-state index >= 15 is 0 Å². The van der Waals surface area contributed by atoms with E-state index in [4.69, 9.17) is 18.9 Å². The molecule has 1 amide bonds. The number of esters is 1. The second-order valence-corrected chi connectivity index (χ2v) is 6.56. The van der Waals surface area contributed by atoms with Gasteiger partial charge in [0, 0.05) is 31.4 Å². The minimum atomic E-state index is -4.44. The van der Waals surface area contributed by atoms with Crippen LogP contribution in [0.2, 0.25) is 0 Å². The van der Waals surface area contributed by atoms with E-state index in [1.54, 1.807) is 0 Å². The number of nitrogens with one attached hydrogen (secondary N) is 1. The lowest BCUT2D eigenvalue weighted by molar-refractivity contribution is -0.157. The largest absolute Gasteiger partial charge is 0.503 e. The molecular formula is C19H23F3N2O7. The standard InChI is InChI=1S/C19H23F3N2O7/c1-11-13(30-8-3-6-19(20,21)22)5-9-29-10-12(18(27)31-11)24-17(26)15-16(25)14(28-2)4-7-23-15/h3-4,6-7,11-13,25H,5,8-10H2,1-2H3,(H,24,26)/b6-3+/t11-,12-,13+/m0/s1. The minimum Gasteiger partial charge on any atom is -0.503 e. The van der Waals surface area contributed by atoms with Crippen LogP contribution in [0.5, 0.6) is 11.5 Å². The summed E-state index contributed by atoms with van der Waals surface area (Å²) in [5.41, 5.74) is -0.349. The second kappa shape index (κ2) is 11.0. The molecule has 0 bridgehead atoms. The number of pyridine rings is 1. The number of ether oxygens (including phenoxy) is 4. The zero-order valence-corrected chi connectivity index (χ0v) is 16.8. The average Bonchev–Trinajstić information content (AvgIpc) is 2.75. The van der Waals surface area contributed by atoms with E-state index < -0.39 is 42.1 Å². The summed E-state index contributed by atoms with van der Waals surface area (Å²) in [6, 6.07) is 0.154. The van der Waals surface area contributed by atoms with Crippen LogP contribution in [-0.2, 0) is 19.0 Å². The van der Waals surface area contributed by atoms with E-state index in [1.165, 1.54) is 26.3 Å². The maximum atomic E-state index is 12.5. The number of amides is 1. The summed E-state index contributed by atoms with van der Waals surface area (Å²) in [5, 5.41) is 12.4. The highest BCUT2D eigenvalue weighted by molar-refractivity contribution is 5.98. The van der Waals surface area contributed by atoms with Crippen molar-refractivity contribution in [1.29, 1.82) is 0 Å². The molecule has 0 radical (unpaired) electrons. The normalized spacial score (nSPS) is 22.9. The molecule has 0 unspecified atom stereocenters. The van der Waals surface area contributed by atoms with Crippen LogP contribution in [-0.4, -0.2) is 73.3 Å². The number of cyclic esters (lactones) is 1. The fraction of sp³-hybridized carbons (Fsp3) is 0.526. The number of aromatic hydroxyl groups is 1. The number of hydrogen-bond donors (Lipinski definition) is 2. The highest BCUT2D eigenvalue weighted by Crippen LogP contribution is 2.27. The molecular weight excluding hydrogens is 425 g/mol. The molecule has 9 nitrogen and oxygen atoms in total. The van der Waals surface area contributed by atoms with Gasteiger partial charge >= 0.3 is 12.1 Å². The summed E-state index contributed by atoms with van der Waals surface area (Å²) >= 11 is 0. The van der Waals surface area contributed by atoms with Crippen LogP contribution in [0.15, 0.2) is 24.4 Å². The van der Waals surface area contributed by atoms with Gasteiger partial charge in [-0.15, -0.1) is 0 Å². The predicted octanol–water partition coefficient (Wildman–Crippen LogP) is 1.75. The highest BCUT2D eigenvalue weighted by Gasteiger charge is 2.31. The maximum Gasteiger partial charge on any atom is 0.409 e. The van der Waals surface area contributed by atoms with Gasteiger partial charge in [0.15, 0.2) is 23.2 Å². The van der Waals surface area contributed by atoms with Crippen molar-refractivity contribution in [3.63, 3.8) is 0 Å². The maximum absolute atomic E-state index is 12.5. The lowest BCUT2D eigenvalue weighted by Crippen LogP contribution is -2.46. The average molecular weight is 448 g/mol. The summed E-state index contributed by atoms with van der Waals surface area (Å²) in [5.74, 6) is -2.14. The van der Waals surface area contributed by atoms with Crippen molar-refractivity contribution in [3.05, 3.63) is 30.1 Å². The van der Waals surface area contributed by atoms with Crippen molar-refractivity contribution in [2.24, 2.45) is 0 Å². The molecule has 0 saturated carbocycles. The van der Waals surface area contributed by atoms with Gasteiger partial charge in [-0.25, -0.2) is 9.78 Å². The number of allylic oxidation sites excluding steroid dienone is 1. The Kier molecular flexibility index (Phi) is 8.63. The molecule has 2 N–H and O–H groups in total. The number of alkyl halides is 3. The first-order valence-electron chi connectivity index (χ1n) is 9.29. The van der Waals surface area contributed by atoms with Crippen LogP contribution in [0.25, 0.3) is 0 Å². The quantitative estimate of drug-likeness (QED) is 0.500. The Morgan fingerprint density at radius 2 is 2.19 bits per heavy atom. The van der Waals surface area contributed by atoms with Crippen molar-refractivity contribution in [2.75, 3.05) is 26.9 Å². The number of rotatable bonds is 6. The van der Waals surface area contributed by atoms with Crippen LogP contribution in [0.4, 0.5) is 13.2 Å². The molecule has 1 aliphatic rings. The van der Waals surface area contributed by atoms with Gasteiger partial charge in [-0.2, -0.15) is 13.2 Å². The SMILES string of the molecule is COc1ccnc(C(=O)N[C@H]2COCC[C@@H](OC/C=C/C(F)(F)F)[C@H](C)OC2=O)c1O. The zero-order valence-electron chi connectivity index (χ0n) is 16.8. The molecule has 1 aromatic heterocycles.